The maximum absolute atomic E-state index is 13.9. The van der Waals surface area contributed by atoms with Crippen LogP contribution in [0.3, 0.4) is 0 Å². The minimum atomic E-state index is -0.940. The van der Waals surface area contributed by atoms with Crippen LogP contribution in [0, 0.1) is 5.92 Å². The number of hydrogen-bond acceptors (Lipinski definition) is 3. The second-order valence-corrected chi connectivity index (χ2v) is 11.0. The highest BCUT2D eigenvalue weighted by atomic mass is 19.1. The van der Waals surface area contributed by atoms with Gasteiger partial charge >= 0.3 is 0 Å². The number of benzene rings is 2. The molecule has 1 unspecified atom stereocenters. The summed E-state index contributed by atoms with van der Waals surface area (Å²) in [4.78, 5) is 9.20. The first-order valence-corrected chi connectivity index (χ1v) is 14.8. The molecular formula is C34H47FN2O. The summed E-state index contributed by atoms with van der Waals surface area (Å²) in [6.45, 7) is 6.40. The number of alkyl halides is 1. The highest BCUT2D eigenvalue weighted by molar-refractivity contribution is 5.64. The predicted octanol–water partition coefficient (Wildman–Crippen LogP) is 10.0. The molecule has 38 heavy (non-hydrogen) atoms. The molecule has 2 aromatic carbocycles. The molecule has 0 radical (unpaired) electrons. The summed E-state index contributed by atoms with van der Waals surface area (Å²) in [5.41, 5.74) is 4.38. The van der Waals surface area contributed by atoms with E-state index in [4.69, 9.17) is 4.74 Å². The molecule has 0 spiro atoms. The fraction of sp³-hybridized carbons (Fsp3) is 0.529. The van der Waals surface area contributed by atoms with Crippen molar-refractivity contribution in [3.8, 4) is 28.3 Å². The van der Waals surface area contributed by atoms with Crippen molar-refractivity contribution in [2.75, 3.05) is 6.61 Å². The van der Waals surface area contributed by atoms with Gasteiger partial charge in [-0.3, -0.25) is 0 Å². The third-order valence-electron chi connectivity index (χ3n) is 7.03. The Hall–Kier alpha value is -2.75. The van der Waals surface area contributed by atoms with Crippen LogP contribution in [0.1, 0.15) is 97.0 Å². The lowest BCUT2D eigenvalue weighted by atomic mass is 10.0. The van der Waals surface area contributed by atoms with E-state index >= 15 is 0 Å². The van der Waals surface area contributed by atoms with Gasteiger partial charge in [0.25, 0.3) is 0 Å². The summed E-state index contributed by atoms with van der Waals surface area (Å²) in [5.74, 6) is 1.74. The van der Waals surface area contributed by atoms with E-state index in [1.807, 2.05) is 50.5 Å². The van der Waals surface area contributed by atoms with Gasteiger partial charge in [0, 0.05) is 23.5 Å². The average Bonchev–Trinajstić information content (AvgIpc) is 2.93. The Morgan fingerprint density at radius 1 is 0.684 bits per heavy atom. The standard InChI is InChI=1S/C34H47FN2O/c1-4-5-6-7-8-9-10-11-12-13-14-28-15-17-30(18-16-28)34-36-24-31(25-37-34)29-19-21-33(22-20-29)38-26-32(35)23-27(2)3/h15-22,24-25,27,32H,4-14,23,26H2,1-3H3. The fourth-order valence-electron chi connectivity index (χ4n) is 4.77. The maximum Gasteiger partial charge on any atom is 0.159 e. The number of aryl methyl sites for hydroxylation is 1. The number of nitrogens with zero attached hydrogens (tertiary/aromatic N) is 2. The molecule has 0 saturated carbocycles. The zero-order chi connectivity index (χ0) is 27.0. The Kier molecular flexibility index (Phi) is 13.3. The quantitative estimate of drug-likeness (QED) is 0.157. The Morgan fingerprint density at radius 3 is 1.82 bits per heavy atom. The zero-order valence-corrected chi connectivity index (χ0v) is 23.8. The molecule has 0 aliphatic rings. The first-order valence-electron chi connectivity index (χ1n) is 14.8. The average molecular weight is 519 g/mol. The third-order valence-corrected chi connectivity index (χ3v) is 7.03. The number of hydrogen-bond donors (Lipinski definition) is 0. The van der Waals surface area contributed by atoms with E-state index < -0.39 is 6.17 Å². The SMILES string of the molecule is CCCCCCCCCCCCc1ccc(-c2ncc(-c3ccc(OCC(F)CC(C)C)cc3)cn2)cc1. The molecule has 4 heteroatoms. The summed E-state index contributed by atoms with van der Waals surface area (Å²) < 4.78 is 19.5. The normalized spacial score (nSPS) is 12.1. The first kappa shape index (κ1) is 29.8. The molecule has 1 heterocycles. The van der Waals surface area contributed by atoms with Crippen molar-refractivity contribution in [2.45, 2.75) is 104 Å². The van der Waals surface area contributed by atoms with E-state index in [0.29, 0.717) is 18.1 Å². The van der Waals surface area contributed by atoms with Gasteiger partial charge in [-0.05, 0) is 48.4 Å². The minimum Gasteiger partial charge on any atom is -0.491 e. The largest absolute Gasteiger partial charge is 0.491 e. The van der Waals surface area contributed by atoms with Gasteiger partial charge in [0.2, 0.25) is 0 Å². The smallest absolute Gasteiger partial charge is 0.159 e. The Bertz CT molecular complexity index is 1020. The van der Waals surface area contributed by atoms with Gasteiger partial charge in [0.05, 0.1) is 0 Å². The van der Waals surface area contributed by atoms with E-state index in [1.165, 1.54) is 69.8 Å². The van der Waals surface area contributed by atoms with Gasteiger partial charge in [-0.15, -0.1) is 0 Å². The van der Waals surface area contributed by atoms with E-state index in [2.05, 4.69) is 41.2 Å². The third kappa shape index (κ3) is 10.9. The van der Waals surface area contributed by atoms with Crippen molar-refractivity contribution in [1.82, 2.24) is 9.97 Å². The van der Waals surface area contributed by atoms with Crippen LogP contribution >= 0.6 is 0 Å². The van der Waals surface area contributed by atoms with Crippen LogP contribution in [-0.4, -0.2) is 22.7 Å². The number of ether oxygens (including phenoxy) is 1. The predicted molar refractivity (Wildman–Crippen MR) is 158 cm³/mol. The molecule has 0 fully saturated rings. The van der Waals surface area contributed by atoms with Gasteiger partial charge in [0.1, 0.15) is 18.5 Å². The van der Waals surface area contributed by atoms with Crippen LogP contribution in [0.25, 0.3) is 22.5 Å². The van der Waals surface area contributed by atoms with E-state index in [-0.39, 0.29) is 6.61 Å². The number of aromatic nitrogens is 2. The van der Waals surface area contributed by atoms with E-state index in [1.54, 1.807) is 0 Å². The van der Waals surface area contributed by atoms with Crippen molar-refractivity contribution >= 4 is 0 Å². The van der Waals surface area contributed by atoms with E-state index in [9.17, 15) is 4.39 Å². The molecule has 0 saturated heterocycles. The number of halogens is 1. The minimum absolute atomic E-state index is 0.0907. The molecule has 0 aliphatic heterocycles. The summed E-state index contributed by atoms with van der Waals surface area (Å²) in [7, 11) is 0. The molecule has 1 atom stereocenters. The van der Waals surface area contributed by atoms with Crippen LogP contribution in [0.5, 0.6) is 5.75 Å². The molecule has 0 amide bonds. The summed E-state index contributed by atoms with van der Waals surface area (Å²) in [6.07, 6.45) is 18.1. The summed E-state index contributed by atoms with van der Waals surface area (Å²) >= 11 is 0. The molecule has 0 N–H and O–H groups in total. The Balaban J connectivity index is 1.39. The van der Waals surface area contributed by atoms with Crippen molar-refractivity contribution in [3.63, 3.8) is 0 Å². The Morgan fingerprint density at radius 2 is 1.24 bits per heavy atom. The zero-order valence-electron chi connectivity index (χ0n) is 23.8. The molecule has 3 aromatic rings. The lowest BCUT2D eigenvalue weighted by Crippen LogP contribution is -2.15. The molecular weight excluding hydrogens is 471 g/mol. The molecule has 3 rings (SSSR count). The summed E-state index contributed by atoms with van der Waals surface area (Å²) in [6, 6.07) is 16.4. The van der Waals surface area contributed by atoms with Crippen molar-refractivity contribution in [3.05, 3.63) is 66.5 Å². The lowest BCUT2D eigenvalue weighted by molar-refractivity contribution is 0.174. The van der Waals surface area contributed by atoms with Crippen LogP contribution in [0.4, 0.5) is 4.39 Å². The van der Waals surface area contributed by atoms with Gasteiger partial charge in [-0.1, -0.05) is 115 Å². The molecule has 1 aromatic heterocycles. The van der Waals surface area contributed by atoms with Gasteiger partial charge in [-0.2, -0.15) is 0 Å². The topological polar surface area (TPSA) is 35.0 Å². The molecule has 206 valence electrons. The molecule has 3 nitrogen and oxygen atoms in total. The highest BCUT2D eigenvalue weighted by Crippen LogP contribution is 2.24. The van der Waals surface area contributed by atoms with Crippen molar-refractivity contribution in [2.24, 2.45) is 5.92 Å². The monoisotopic (exact) mass is 518 g/mol. The second-order valence-electron chi connectivity index (χ2n) is 11.0. The van der Waals surface area contributed by atoms with Gasteiger partial charge in [0.15, 0.2) is 5.82 Å². The fourth-order valence-corrected chi connectivity index (χ4v) is 4.77. The van der Waals surface area contributed by atoms with Gasteiger partial charge in [-0.25, -0.2) is 14.4 Å². The van der Waals surface area contributed by atoms with Crippen LogP contribution < -0.4 is 4.74 Å². The number of rotatable bonds is 18. The highest BCUT2D eigenvalue weighted by Gasteiger charge is 2.10. The number of unbranched alkanes of at least 4 members (excludes halogenated alkanes) is 9. The van der Waals surface area contributed by atoms with Crippen molar-refractivity contribution in [1.29, 1.82) is 0 Å². The lowest BCUT2D eigenvalue weighted by Gasteiger charge is -2.12. The second kappa shape index (κ2) is 17.0. The van der Waals surface area contributed by atoms with E-state index in [0.717, 1.165) is 28.9 Å². The maximum atomic E-state index is 13.9. The van der Waals surface area contributed by atoms with Crippen LogP contribution in [0.2, 0.25) is 0 Å². The molecule has 0 bridgehead atoms. The first-order chi connectivity index (χ1) is 18.5. The molecule has 0 aliphatic carbocycles. The van der Waals surface area contributed by atoms with Crippen LogP contribution in [-0.2, 0) is 6.42 Å². The van der Waals surface area contributed by atoms with Crippen LogP contribution in [0.15, 0.2) is 60.9 Å². The van der Waals surface area contributed by atoms with Gasteiger partial charge < -0.3 is 4.74 Å². The summed E-state index contributed by atoms with van der Waals surface area (Å²) in [5, 5.41) is 0. The Labute approximate surface area is 230 Å². The van der Waals surface area contributed by atoms with Crippen molar-refractivity contribution < 1.29 is 9.13 Å².